The fraction of sp³-hybridized carbons (Fsp3) is 0.333. The number of furan rings is 1. The first-order chi connectivity index (χ1) is 11.1. The summed E-state index contributed by atoms with van der Waals surface area (Å²) in [6, 6.07) is 10.8. The van der Waals surface area contributed by atoms with E-state index in [9.17, 15) is 14.7 Å². The third kappa shape index (κ3) is 4.00. The molecular weight excluding hydrogens is 294 g/mol. The van der Waals surface area contributed by atoms with Crippen molar-refractivity contribution in [2.45, 2.75) is 31.6 Å². The van der Waals surface area contributed by atoms with E-state index in [0.717, 1.165) is 5.56 Å². The van der Waals surface area contributed by atoms with Crippen molar-refractivity contribution in [1.29, 1.82) is 0 Å². The Morgan fingerprint density at radius 1 is 1.22 bits per heavy atom. The molecule has 5 nitrogen and oxygen atoms in total. The van der Waals surface area contributed by atoms with Crippen molar-refractivity contribution in [2.75, 3.05) is 6.54 Å². The van der Waals surface area contributed by atoms with Crippen LogP contribution in [0.5, 0.6) is 0 Å². The van der Waals surface area contributed by atoms with E-state index in [1.807, 2.05) is 31.2 Å². The monoisotopic (exact) mass is 315 g/mol. The Morgan fingerprint density at radius 2 is 1.96 bits per heavy atom. The number of hydrogen-bond acceptors (Lipinski definition) is 3. The summed E-state index contributed by atoms with van der Waals surface area (Å²) < 4.78 is 4.96. The SMILES string of the molecule is CCC(CNC(=O)CCc1ccoc1)(C(=O)O)c1ccccc1. The van der Waals surface area contributed by atoms with Gasteiger partial charge in [0, 0.05) is 13.0 Å². The average Bonchev–Trinajstić information content (AvgIpc) is 3.08. The van der Waals surface area contributed by atoms with E-state index >= 15 is 0 Å². The molecule has 0 radical (unpaired) electrons. The molecule has 23 heavy (non-hydrogen) atoms. The molecule has 2 aromatic rings. The van der Waals surface area contributed by atoms with Gasteiger partial charge >= 0.3 is 5.97 Å². The number of rotatable bonds is 8. The zero-order valence-corrected chi connectivity index (χ0v) is 13.1. The topological polar surface area (TPSA) is 79.5 Å². The highest BCUT2D eigenvalue weighted by molar-refractivity contribution is 5.83. The van der Waals surface area contributed by atoms with Crippen LogP contribution >= 0.6 is 0 Å². The van der Waals surface area contributed by atoms with Gasteiger partial charge in [-0.3, -0.25) is 9.59 Å². The van der Waals surface area contributed by atoms with Gasteiger partial charge in [-0.05, 0) is 30.0 Å². The molecule has 0 aliphatic heterocycles. The highest BCUT2D eigenvalue weighted by Crippen LogP contribution is 2.27. The van der Waals surface area contributed by atoms with Crippen molar-refractivity contribution in [2.24, 2.45) is 0 Å². The molecule has 1 unspecified atom stereocenters. The van der Waals surface area contributed by atoms with E-state index in [4.69, 9.17) is 4.42 Å². The molecule has 122 valence electrons. The van der Waals surface area contributed by atoms with E-state index in [0.29, 0.717) is 24.8 Å². The number of nitrogens with one attached hydrogen (secondary N) is 1. The summed E-state index contributed by atoms with van der Waals surface area (Å²) in [4.78, 5) is 23.9. The van der Waals surface area contributed by atoms with Crippen LogP contribution in [-0.4, -0.2) is 23.5 Å². The lowest BCUT2D eigenvalue weighted by Crippen LogP contribution is -2.46. The molecule has 1 atom stereocenters. The van der Waals surface area contributed by atoms with Gasteiger partial charge in [0.1, 0.15) is 5.41 Å². The van der Waals surface area contributed by atoms with Gasteiger partial charge in [0.15, 0.2) is 0 Å². The van der Waals surface area contributed by atoms with E-state index in [1.54, 1.807) is 24.7 Å². The molecule has 0 saturated carbocycles. The number of aliphatic carboxylic acids is 1. The number of carboxylic acids is 1. The maximum atomic E-state index is 12.0. The third-order valence-electron chi connectivity index (χ3n) is 4.15. The summed E-state index contributed by atoms with van der Waals surface area (Å²) in [5.74, 6) is -1.09. The van der Waals surface area contributed by atoms with E-state index < -0.39 is 11.4 Å². The van der Waals surface area contributed by atoms with Crippen molar-refractivity contribution in [3.8, 4) is 0 Å². The van der Waals surface area contributed by atoms with Crippen LogP contribution < -0.4 is 5.32 Å². The Bertz CT molecular complexity index is 636. The highest BCUT2D eigenvalue weighted by atomic mass is 16.4. The van der Waals surface area contributed by atoms with Crippen LogP contribution in [0.15, 0.2) is 53.3 Å². The third-order valence-corrected chi connectivity index (χ3v) is 4.15. The van der Waals surface area contributed by atoms with Gasteiger partial charge in [-0.15, -0.1) is 0 Å². The first kappa shape index (κ1) is 16.8. The van der Waals surface area contributed by atoms with Gasteiger partial charge in [0.25, 0.3) is 0 Å². The van der Waals surface area contributed by atoms with Crippen molar-refractivity contribution in [1.82, 2.24) is 5.32 Å². The predicted octanol–water partition coefficient (Wildman–Crippen LogP) is 2.76. The van der Waals surface area contributed by atoms with Gasteiger partial charge in [-0.1, -0.05) is 37.3 Å². The molecule has 5 heteroatoms. The highest BCUT2D eigenvalue weighted by Gasteiger charge is 2.38. The van der Waals surface area contributed by atoms with Gasteiger partial charge in [-0.25, -0.2) is 0 Å². The summed E-state index contributed by atoms with van der Waals surface area (Å²) in [5.41, 5.74) is 0.542. The molecule has 2 N–H and O–H groups in total. The van der Waals surface area contributed by atoms with Crippen molar-refractivity contribution in [3.63, 3.8) is 0 Å². The van der Waals surface area contributed by atoms with Gasteiger partial charge < -0.3 is 14.8 Å². The number of carbonyl (C=O) groups excluding carboxylic acids is 1. The summed E-state index contributed by atoms with van der Waals surface area (Å²) in [5, 5.41) is 12.5. The minimum atomic E-state index is -1.10. The molecule has 2 rings (SSSR count). The molecule has 1 aromatic heterocycles. The number of carbonyl (C=O) groups is 2. The molecule has 1 amide bonds. The Hall–Kier alpha value is -2.56. The Labute approximate surface area is 135 Å². The maximum absolute atomic E-state index is 12.0. The molecule has 0 aliphatic carbocycles. The van der Waals surface area contributed by atoms with E-state index in [2.05, 4.69) is 5.32 Å². The lowest BCUT2D eigenvalue weighted by Gasteiger charge is -2.29. The number of carboxylic acid groups (broad SMARTS) is 1. The molecule has 0 saturated heterocycles. The summed E-state index contributed by atoms with van der Waals surface area (Å²) in [6.45, 7) is 1.89. The summed E-state index contributed by atoms with van der Waals surface area (Å²) in [7, 11) is 0. The Kier molecular flexibility index (Phi) is 5.57. The molecule has 0 spiro atoms. The Morgan fingerprint density at radius 3 is 2.52 bits per heavy atom. The lowest BCUT2D eigenvalue weighted by molar-refractivity contribution is -0.144. The van der Waals surface area contributed by atoms with Crippen molar-refractivity contribution >= 4 is 11.9 Å². The minimum absolute atomic E-state index is 0.0765. The minimum Gasteiger partial charge on any atom is -0.481 e. The van der Waals surface area contributed by atoms with Crippen molar-refractivity contribution in [3.05, 3.63) is 60.1 Å². The van der Waals surface area contributed by atoms with Crippen LogP contribution in [0.25, 0.3) is 0 Å². The fourth-order valence-corrected chi connectivity index (χ4v) is 2.57. The van der Waals surface area contributed by atoms with Crippen LogP contribution in [0.1, 0.15) is 30.9 Å². The van der Waals surface area contributed by atoms with E-state index in [-0.39, 0.29) is 12.5 Å². The van der Waals surface area contributed by atoms with Crippen molar-refractivity contribution < 1.29 is 19.1 Å². The Balaban J connectivity index is 2.01. The molecule has 0 bridgehead atoms. The number of benzene rings is 1. The van der Waals surface area contributed by atoms with Crippen LogP contribution in [-0.2, 0) is 21.4 Å². The zero-order chi connectivity index (χ0) is 16.7. The molecular formula is C18H21NO4. The number of amides is 1. The smallest absolute Gasteiger partial charge is 0.315 e. The standard InChI is InChI=1S/C18H21NO4/c1-2-18(17(21)22,15-6-4-3-5-7-15)13-19-16(20)9-8-14-10-11-23-12-14/h3-7,10-12H,2,8-9,13H2,1H3,(H,19,20)(H,21,22). The fourth-order valence-electron chi connectivity index (χ4n) is 2.57. The zero-order valence-electron chi connectivity index (χ0n) is 13.1. The van der Waals surface area contributed by atoms with E-state index in [1.165, 1.54) is 0 Å². The second-order valence-corrected chi connectivity index (χ2v) is 5.52. The lowest BCUT2D eigenvalue weighted by atomic mass is 9.78. The largest absolute Gasteiger partial charge is 0.481 e. The second kappa shape index (κ2) is 7.63. The molecule has 1 aromatic carbocycles. The summed E-state index contributed by atoms with van der Waals surface area (Å²) >= 11 is 0. The van der Waals surface area contributed by atoms with Crippen LogP contribution in [0, 0.1) is 0 Å². The molecule has 0 fully saturated rings. The molecule has 1 heterocycles. The van der Waals surface area contributed by atoms with Crippen LogP contribution in [0.4, 0.5) is 0 Å². The van der Waals surface area contributed by atoms with Gasteiger partial charge in [0.05, 0.1) is 12.5 Å². The van der Waals surface area contributed by atoms with Gasteiger partial charge in [-0.2, -0.15) is 0 Å². The number of hydrogen-bond donors (Lipinski definition) is 2. The quantitative estimate of drug-likeness (QED) is 0.785. The normalized spacial score (nSPS) is 13.3. The first-order valence-corrected chi connectivity index (χ1v) is 7.65. The number of aryl methyl sites for hydroxylation is 1. The second-order valence-electron chi connectivity index (χ2n) is 5.52. The molecule has 0 aliphatic rings. The van der Waals surface area contributed by atoms with Gasteiger partial charge in [0.2, 0.25) is 5.91 Å². The van der Waals surface area contributed by atoms with Crippen LogP contribution in [0.3, 0.4) is 0 Å². The van der Waals surface area contributed by atoms with Crippen LogP contribution in [0.2, 0.25) is 0 Å². The predicted molar refractivity (Wildman–Crippen MR) is 86.1 cm³/mol. The maximum Gasteiger partial charge on any atom is 0.315 e. The summed E-state index contributed by atoms with van der Waals surface area (Å²) in [6.07, 6.45) is 4.43. The average molecular weight is 315 g/mol. The first-order valence-electron chi connectivity index (χ1n) is 7.65.